The Morgan fingerprint density at radius 1 is 1.30 bits per heavy atom. The van der Waals surface area contributed by atoms with Crippen LogP contribution in [0.4, 0.5) is 0 Å². The summed E-state index contributed by atoms with van der Waals surface area (Å²) in [7, 11) is -1.50. The summed E-state index contributed by atoms with van der Waals surface area (Å²) >= 11 is 1.30. The van der Waals surface area contributed by atoms with Crippen LogP contribution >= 0.6 is 11.3 Å². The van der Waals surface area contributed by atoms with Gasteiger partial charge in [-0.1, -0.05) is 13.8 Å². The zero-order valence-corrected chi connectivity index (χ0v) is 14.0. The summed E-state index contributed by atoms with van der Waals surface area (Å²) in [6.07, 6.45) is 2.98. The molecule has 1 aromatic heterocycles. The van der Waals surface area contributed by atoms with Gasteiger partial charge in [0.05, 0.1) is 0 Å². The van der Waals surface area contributed by atoms with Crippen LogP contribution in [0.1, 0.15) is 38.7 Å². The average molecular weight is 316 g/mol. The normalized spacial score (nSPS) is 27.6. The van der Waals surface area contributed by atoms with E-state index in [1.54, 1.807) is 6.07 Å². The first kappa shape index (κ1) is 15.9. The van der Waals surface area contributed by atoms with Gasteiger partial charge in [-0.05, 0) is 55.2 Å². The molecule has 0 aliphatic heterocycles. The fraction of sp³-hybridized carbons (Fsp3) is 0.714. The van der Waals surface area contributed by atoms with Gasteiger partial charge in [-0.3, -0.25) is 0 Å². The smallest absolute Gasteiger partial charge is 0.250 e. The largest absolute Gasteiger partial charge is 0.316 e. The van der Waals surface area contributed by atoms with Crippen LogP contribution in [0, 0.1) is 11.8 Å². The molecule has 2 N–H and O–H groups in total. The number of thiophene rings is 1. The first-order valence-corrected chi connectivity index (χ1v) is 9.53. The Kier molecular flexibility index (Phi) is 5.23. The molecule has 1 fully saturated rings. The number of hydrogen-bond acceptors (Lipinski definition) is 4. The number of hydrogen-bond donors (Lipinski definition) is 2. The molecule has 1 heterocycles. The third-order valence-corrected chi connectivity index (χ3v) is 7.20. The van der Waals surface area contributed by atoms with Crippen LogP contribution < -0.4 is 10.0 Å². The Hall–Kier alpha value is -0.430. The molecule has 1 aliphatic carbocycles. The molecule has 0 bridgehead atoms. The minimum absolute atomic E-state index is 0.0843. The lowest BCUT2D eigenvalue weighted by Gasteiger charge is -2.32. The molecule has 114 valence electrons. The molecule has 3 unspecified atom stereocenters. The van der Waals surface area contributed by atoms with Crippen molar-refractivity contribution in [1.29, 1.82) is 0 Å². The fourth-order valence-corrected chi connectivity index (χ4v) is 5.23. The van der Waals surface area contributed by atoms with Crippen LogP contribution in [-0.2, 0) is 16.6 Å². The molecule has 0 spiro atoms. The summed E-state index contributed by atoms with van der Waals surface area (Å²) < 4.78 is 28.1. The first-order chi connectivity index (χ1) is 9.42. The second kappa shape index (κ2) is 6.56. The van der Waals surface area contributed by atoms with E-state index in [0.29, 0.717) is 22.6 Å². The predicted octanol–water partition coefficient (Wildman–Crippen LogP) is 2.57. The quantitative estimate of drug-likeness (QED) is 0.878. The van der Waals surface area contributed by atoms with Crippen molar-refractivity contribution in [2.45, 2.75) is 49.9 Å². The SMILES string of the molecule is CNCc1csc(S(=O)(=O)NC2CCC(C)C(C)C2)c1. The number of nitrogens with one attached hydrogen (secondary N) is 2. The van der Waals surface area contributed by atoms with Crippen LogP contribution in [-0.4, -0.2) is 21.5 Å². The van der Waals surface area contributed by atoms with Gasteiger partial charge in [0.1, 0.15) is 4.21 Å². The molecule has 3 atom stereocenters. The standard InChI is InChI=1S/C14H24N2O2S2/c1-10-4-5-13(6-11(10)2)16-20(17,18)14-7-12(8-15-3)9-19-14/h7,9-11,13,15-16H,4-6,8H2,1-3H3. The second-order valence-electron chi connectivity index (χ2n) is 5.89. The molecule has 6 heteroatoms. The monoisotopic (exact) mass is 316 g/mol. The Labute approximate surface area is 126 Å². The fourth-order valence-electron chi connectivity index (χ4n) is 2.72. The second-order valence-corrected chi connectivity index (χ2v) is 8.74. The van der Waals surface area contributed by atoms with E-state index >= 15 is 0 Å². The van der Waals surface area contributed by atoms with Crippen molar-refractivity contribution in [2.75, 3.05) is 7.05 Å². The van der Waals surface area contributed by atoms with Crippen LogP contribution in [0.25, 0.3) is 0 Å². The van der Waals surface area contributed by atoms with E-state index in [4.69, 9.17) is 0 Å². The van der Waals surface area contributed by atoms with Gasteiger partial charge in [0, 0.05) is 12.6 Å². The summed E-state index contributed by atoms with van der Waals surface area (Å²) in [6, 6.07) is 1.85. The Morgan fingerprint density at radius 2 is 2.05 bits per heavy atom. The summed E-state index contributed by atoms with van der Waals surface area (Å²) in [5.74, 6) is 1.28. The Bertz CT molecular complexity index is 539. The highest BCUT2D eigenvalue weighted by Gasteiger charge is 2.28. The molecule has 0 saturated heterocycles. The van der Waals surface area contributed by atoms with E-state index in [9.17, 15) is 8.42 Å². The number of sulfonamides is 1. The minimum atomic E-state index is -3.36. The molecule has 1 aromatic rings. The van der Waals surface area contributed by atoms with E-state index < -0.39 is 10.0 Å². The van der Waals surface area contributed by atoms with Gasteiger partial charge in [-0.25, -0.2) is 13.1 Å². The molecule has 4 nitrogen and oxygen atoms in total. The molecule has 0 aromatic carbocycles. The van der Waals surface area contributed by atoms with Crippen molar-refractivity contribution in [3.05, 3.63) is 17.0 Å². The maximum atomic E-state index is 12.4. The molecule has 0 radical (unpaired) electrons. The van der Waals surface area contributed by atoms with Crippen LogP contribution in [0.5, 0.6) is 0 Å². The van der Waals surface area contributed by atoms with Gasteiger partial charge < -0.3 is 5.32 Å². The summed E-state index contributed by atoms with van der Waals surface area (Å²) in [5.41, 5.74) is 1.02. The van der Waals surface area contributed by atoms with Crippen molar-refractivity contribution in [1.82, 2.24) is 10.0 Å². The van der Waals surface area contributed by atoms with Gasteiger partial charge >= 0.3 is 0 Å². The maximum absolute atomic E-state index is 12.4. The van der Waals surface area contributed by atoms with Crippen LogP contribution in [0.2, 0.25) is 0 Å². The van der Waals surface area contributed by atoms with E-state index in [2.05, 4.69) is 23.9 Å². The molecule has 20 heavy (non-hydrogen) atoms. The van der Waals surface area contributed by atoms with E-state index in [-0.39, 0.29) is 6.04 Å². The van der Waals surface area contributed by atoms with Gasteiger partial charge in [0.15, 0.2) is 0 Å². The third-order valence-electron chi connectivity index (χ3n) is 4.20. The molecule has 2 rings (SSSR count). The highest BCUT2D eigenvalue weighted by molar-refractivity contribution is 7.91. The molecule has 1 saturated carbocycles. The molecule has 0 amide bonds. The third kappa shape index (κ3) is 3.81. The lowest BCUT2D eigenvalue weighted by atomic mass is 9.79. The van der Waals surface area contributed by atoms with Gasteiger partial charge in [-0.2, -0.15) is 0 Å². The topological polar surface area (TPSA) is 58.2 Å². The van der Waals surface area contributed by atoms with E-state index in [0.717, 1.165) is 24.8 Å². The molecule has 1 aliphatic rings. The van der Waals surface area contributed by atoms with Crippen molar-refractivity contribution in [3.8, 4) is 0 Å². The zero-order valence-electron chi connectivity index (χ0n) is 12.3. The number of rotatable bonds is 5. The van der Waals surface area contributed by atoms with Crippen molar-refractivity contribution >= 4 is 21.4 Å². The highest BCUT2D eigenvalue weighted by Crippen LogP contribution is 2.30. The van der Waals surface area contributed by atoms with Gasteiger partial charge in [0.2, 0.25) is 10.0 Å². The summed E-state index contributed by atoms with van der Waals surface area (Å²) in [6.45, 7) is 5.16. The molecular weight excluding hydrogens is 292 g/mol. The maximum Gasteiger partial charge on any atom is 0.250 e. The van der Waals surface area contributed by atoms with Gasteiger partial charge in [0.25, 0.3) is 0 Å². The van der Waals surface area contributed by atoms with Crippen LogP contribution in [0.15, 0.2) is 15.7 Å². The van der Waals surface area contributed by atoms with Crippen molar-refractivity contribution in [3.63, 3.8) is 0 Å². The Morgan fingerprint density at radius 3 is 2.70 bits per heavy atom. The average Bonchev–Trinajstić information content (AvgIpc) is 2.83. The van der Waals surface area contributed by atoms with Crippen molar-refractivity contribution < 1.29 is 8.42 Å². The summed E-state index contributed by atoms with van der Waals surface area (Å²) in [5, 5.41) is 4.93. The lowest BCUT2D eigenvalue weighted by Crippen LogP contribution is -2.39. The first-order valence-electron chi connectivity index (χ1n) is 7.16. The van der Waals surface area contributed by atoms with Crippen LogP contribution in [0.3, 0.4) is 0 Å². The molecular formula is C14H24N2O2S2. The minimum Gasteiger partial charge on any atom is -0.316 e. The zero-order chi connectivity index (χ0) is 14.8. The highest BCUT2D eigenvalue weighted by atomic mass is 32.2. The van der Waals surface area contributed by atoms with E-state index in [1.807, 2.05) is 12.4 Å². The summed E-state index contributed by atoms with van der Waals surface area (Å²) in [4.78, 5) is 0. The predicted molar refractivity (Wildman–Crippen MR) is 83.4 cm³/mol. The Balaban J connectivity index is 2.03. The van der Waals surface area contributed by atoms with Gasteiger partial charge in [-0.15, -0.1) is 11.3 Å². The van der Waals surface area contributed by atoms with E-state index in [1.165, 1.54) is 11.3 Å². The lowest BCUT2D eigenvalue weighted by molar-refractivity contribution is 0.242. The van der Waals surface area contributed by atoms with Crippen molar-refractivity contribution in [2.24, 2.45) is 11.8 Å².